The van der Waals surface area contributed by atoms with Crippen LogP contribution in [0.15, 0.2) is 48.6 Å². The van der Waals surface area contributed by atoms with Gasteiger partial charge >= 0.3 is 11.9 Å². The minimum atomic E-state index is -0.357. The molecular formula is C43H77NO4. The summed E-state index contributed by atoms with van der Waals surface area (Å²) in [4.78, 5) is 27.1. The summed E-state index contributed by atoms with van der Waals surface area (Å²) in [7, 11) is 4.08. The highest BCUT2D eigenvalue weighted by molar-refractivity contribution is 5.70. The van der Waals surface area contributed by atoms with Gasteiger partial charge < -0.3 is 14.4 Å². The first-order valence-corrected chi connectivity index (χ1v) is 20.1. The van der Waals surface area contributed by atoms with Crippen molar-refractivity contribution in [3.05, 3.63) is 48.6 Å². The van der Waals surface area contributed by atoms with Crippen LogP contribution in [0.2, 0.25) is 0 Å². The summed E-state index contributed by atoms with van der Waals surface area (Å²) in [5, 5.41) is 0. The van der Waals surface area contributed by atoms with Crippen LogP contribution in [0.1, 0.15) is 181 Å². The molecule has 0 heterocycles. The van der Waals surface area contributed by atoms with Gasteiger partial charge in [0, 0.05) is 12.8 Å². The number of rotatable bonds is 35. The number of carbonyl (C=O) groups is 2. The molecule has 0 aromatic carbocycles. The van der Waals surface area contributed by atoms with Crippen LogP contribution in [0.25, 0.3) is 0 Å². The molecule has 0 fully saturated rings. The fraction of sp³-hybridized carbons (Fsp3) is 0.767. The second-order valence-electron chi connectivity index (χ2n) is 13.7. The molecule has 0 aliphatic carbocycles. The van der Waals surface area contributed by atoms with Gasteiger partial charge in [0.25, 0.3) is 0 Å². The van der Waals surface area contributed by atoms with Gasteiger partial charge in [0.05, 0.1) is 0 Å². The van der Waals surface area contributed by atoms with Crippen molar-refractivity contribution in [2.75, 3.05) is 27.2 Å². The van der Waals surface area contributed by atoms with E-state index in [4.69, 9.17) is 9.47 Å². The van der Waals surface area contributed by atoms with Crippen molar-refractivity contribution in [3.63, 3.8) is 0 Å². The van der Waals surface area contributed by atoms with Crippen LogP contribution in [-0.2, 0) is 19.1 Å². The van der Waals surface area contributed by atoms with Crippen LogP contribution in [0.4, 0.5) is 0 Å². The smallest absolute Gasteiger partial charge is 0.306 e. The summed E-state index contributed by atoms with van der Waals surface area (Å²) < 4.78 is 11.3. The highest BCUT2D eigenvalue weighted by Gasteiger charge is 2.17. The van der Waals surface area contributed by atoms with Crippen molar-refractivity contribution in [2.45, 2.75) is 187 Å². The molecule has 5 nitrogen and oxygen atoms in total. The maximum atomic E-state index is 12.6. The number of esters is 2. The topological polar surface area (TPSA) is 55.8 Å². The van der Waals surface area contributed by atoms with Crippen LogP contribution in [0, 0.1) is 0 Å². The van der Waals surface area contributed by atoms with Crippen molar-refractivity contribution in [1.29, 1.82) is 0 Å². The van der Waals surface area contributed by atoms with E-state index in [2.05, 4.69) is 67.4 Å². The number of carbonyl (C=O) groups excluding carboxylic acids is 2. The Morgan fingerprint density at radius 3 is 1.40 bits per heavy atom. The molecule has 0 bridgehead atoms. The Morgan fingerprint density at radius 1 is 0.521 bits per heavy atom. The Morgan fingerprint density at radius 2 is 0.938 bits per heavy atom. The minimum absolute atomic E-state index is 0.166. The van der Waals surface area contributed by atoms with Crippen molar-refractivity contribution in [3.8, 4) is 0 Å². The Labute approximate surface area is 298 Å². The largest absolute Gasteiger partial charge is 0.462 e. The molecule has 0 aliphatic rings. The third-order valence-electron chi connectivity index (χ3n) is 8.52. The summed E-state index contributed by atoms with van der Waals surface area (Å²) >= 11 is 0. The van der Waals surface area contributed by atoms with Gasteiger partial charge in [0.15, 0.2) is 0 Å². The average Bonchev–Trinajstić information content (AvgIpc) is 3.06. The van der Waals surface area contributed by atoms with Gasteiger partial charge in [-0.25, -0.2) is 0 Å². The highest BCUT2D eigenvalue weighted by atomic mass is 16.6. The molecule has 48 heavy (non-hydrogen) atoms. The predicted molar refractivity (Wildman–Crippen MR) is 207 cm³/mol. The van der Waals surface area contributed by atoms with Crippen LogP contribution in [0.3, 0.4) is 0 Å². The van der Waals surface area contributed by atoms with Crippen molar-refractivity contribution in [1.82, 2.24) is 4.90 Å². The fourth-order valence-electron chi connectivity index (χ4n) is 5.48. The Balaban J connectivity index is 3.99. The summed E-state index contributed by atoms with van der Waals surface area (Å²) in [5.74, 6) is -0.344. The summed E-state index contributed by atoms with van der Waals surface area (Å²) in [6.45, 7) is 5.57. The van der Waals surface area contributed by atoms with Gasteiger partial charge in [-0.2, -0.15) is 0 Å². The summed E-state index contributed by atoms with van der Waals surface area (Å²) in [5.41, 5.74) is 0. The molecule has 1 unspecified atom stereocenters. The highest BCUT2D eigenvalue weighted by Crippen LogP contribution is 2.13. The quantitative estimate of drug-likeness (QED) is 0.0381. The van der Waals surface area contributed by atoms with Crippen LogP contribution >= 0.6 is 0 Å². The lowest BCUT2D eigenvalue weighted by Gasteiger charge is -2.19. The van der Waals surface area contributed by atoms with E-state index in [9.17, 15) is 9.59 Å². The second kappa shape index (κ2) is 37.7. The fourth-order valence-corrected chi connectivity index (χ4v) is 5.48. The number of nitrogens with zero attached hydrogens (tertiary/aromatic N) is 1. The SMILES string of the molecule is CCCCCC=CCC=CCCCCCCCC(=O)OCC(CCCN(C)C)OC(=O)CCCCCCCC=CCC=CCCCCC. The Hall–Kier alpha value is -2.14. The van der Waals surface area contributed by atoms with E-state index in [1.165, 1.54) is 77.0 Å². The minimum Gasteiger partial charge on any atom is -0.462 e. The third-order valence-corrected chi connectivity index (χ3v) is 8.52. The standard InChI is InChI=1S/C43H77NO4/c1-5-7-9-11-13-15-17-19-21-23-25-27-29-31-33-37-42(45)47-40-41(36-35-39-44(3)4)48-43(46)38-34-32-30-28-26-24-22-20-18-16-14-12-10-8-6-2/h13-16,19-22,41H,5-12,17-18,23-40H2,1-4H3. The molecule has 0 spiro atoms. The van der Waals surface area contributed by atoms with E-state index in [-0.39, 0.29) is 24.6 Å². The summed E-state index contributed by atoms with van der Waals surface area (Å²) in [6.07, 6.45) is 46.0. The first kappa shape index (κ1) is 45.9. The molecule has 5 heteroatoms. The van der Waals surface area contributed by atoms with E-state index < -0.39 is 0 Å². The van der Waals surface area contributed by atoms with Gasteiger partial charge in [-0.15, -0.1) is 0 Å². The Bertz CT molecular complexity index is 829. The normalized spacial score (nSPS) is 12.8. The zero-order chi connectivity index (χ0) is 35.2. The number of allylic oxidation sites excluding steroid dienone is 8. The molecule has 0 aliphatic heterocycles. The van der Waals surface area contributed by atoms with Crippen molar-refractivity contribution in [2.24, 2.45) is 0 Å². The molecule has 1 atom stereocenters. The molecule has 0 N–H and O–H groups in total. The molecule has 0 amide bonds. The van der Waals surface area contributed by atoms with Crippen molar-refractivity contribution >= 4 is 11.9 Å². The molecule has 0 saturated heterocycles. The van der Waals surface area contributed by atoms with Crippen LogP contribution < -0.4 is 0 Å². The lowest BCUT2D eigenvalue weighted by Crippen LogP contribution is -2.26. The molecule has 0 aromatic rings. The number of unbranched alkanes of at least 4 members (excludes halogenated alkanes) is 16. The Kier molecular flexibility index (Phi) is 36.0. The maximum Gasteiger partial charge on any atom is 0.306 e. The zero-order valence-corrected chi connectivity index (χ0v) is 32.1. The number of ether oxygens (including phenoxy) is 2. The first-order valence-electron chi connectivity index (χ1n) is 20.1. The zero-order valence-electron chi connectivity index (χ0n) is 32.1. The molecular weight excluding hydrogens is 594 g/mol. The third kappa shape index (κ3) is 36.7. The van der Waals surface area contributed by atoms with Crippen LogP contribution in [0.5, 0.6) is 0 Å². The lowest BCUT2D eigenvalue weighted by atomic mass is 10.1. The van der Waals surface area contributed by atoms with E-state index in [0.29, 0.717) is 19.3 Å². The molecule has 0 aromatic heterocycles. The molecule has 0 radical (unpaired) electrons. The molecule has 278 valence electrons. The monoisotopic (exact) mass is 672 g/mol. The van der Waals surface area contributed by atoms with Gasteiger partial charge in [-0.3, -0.25) is 9.59 Å². The van der Waals surface area contributed by atoms with E-state index >= 15 is 0 Å². The van der Waals surface area contributed by atoms with Gasteiger partial charge in [0.1, 0.15) is 12.7 Å². The average molecular weight is 672 g/mol. The van der Waals surface area contributed by atoms with Crippen LogP contribution in [-0.4, -0.2) is 50.2 Å². The van der Waals surface area contributed by atoms with Gasteiger partial charge in [0.2, 0.25) is 0 Å². The van der Waals surface area contributed by atoms with Gasteiger partial charge in [-0.1, -0.05) is 127 Å². The summed E-state index contributed by atoms with van der Waals surface area (Å²) in [6, 6.07) is 0. The molecule has 0 saturated carbocycles. The van der Waals surface area contributed by atoms with E-state index in [1.807, 2.05) is 14.1 Å². The van der Waals surface area contributed by atoms with E-state index in [1.54, 1.807) is 0 Å². The maximum absolute atomic E-state index is 12.6. The lowest BCUT2D eigenvalue weighted by molar-refractivity contribution is -0.159. The van der Waals surface area contributed by atoms with E-state index in [0.717, 1.165) is 77.2 Å². The second-order valence-corrected chi connectivity index (χ2v) is 13.7. The predicted octanol–water partition coefficient (Wildman–Crippen LogP) is 12.4. The first-order chi connectivity index (χ1) is 23.5. The number of hydrogen-bond acceptors (Lipinski definition) is 5. The number of hydrogen-bond donors (Lipinski definition) is 0. The van der Waals surface area contributed by atoms with Crippen molar-refractivity contribution < 1.29 is 19.1 Å². The van der Waals surface area contributed by atoms with Gasteiger partial charge in [-0.05, 0) is 111 Å². The molecule has 0 rings (SSSR count).